The summed E-state index contributed by atoms with van der Waals surface area (Å²) in [6.45, 7) is 8.26. The summed E-state index contributed by atoms with van der Waals surface area (Å²) in [4.78, 5) is 27.1. The van der Waals surface area contributed by atoms with E-state index in [1.165, 1.54) is 12.3 Å². The maximum Gasteiger partial charge on any atom is 0.411 e. The van der Waals surface area contributed by atoms with Crippen molar-refractivity contribution in [1.29, 1.82) is 0 Å². The molecule has 1 saturated heterocycles. The number of para-hydroxylation sites is 1. The van der Waals surface area contributed by atoms with Crippen molar-refractivity contribution in [2.45, 2.75) is 51.9 Å². The Morgan fingerprint density at radius 3 is 2.37 bits per heavy atom. The Morgan fingerprint density at radius 2 is 1.63 bits per heavy atom. The molecule has 1 N–H and O–H groups in total. The number of nitrogens with one attached hydrogen (secondary N) is 1. The van der Waals surface area contributed by atoms with Gasteiger partial charge in [0, 0.05) is 25.2 Å². The number of hydrogen-bond donors (Lipinski definition) is 1. The molecular weight excluding hydrogens is 516 g/mol. The predicted octanol–water partition coefficient (Wildman–Crippen LogP) is 7.05. The average molecular weight is 555 g/mol. The van der Waals surface area contributed by atoms with Gasteiger partial charge in [-0.25, -0.2) is 9.59 Å². The van der Waals surface area contributed by atoms with Gasteiger partial charge in [0.05, 0.1) is 18.0 Å². The van der Waals surface area contributed by atoms with E-state index in [2.05, 4.69) is 16.3 Å². The van der Waals surface area contributed by atoms with E-state index in [4.69, 9.17) is 14.2 Å². The number of ether oxygens (including phenoxy) is 3. The minimum atomic E-state index is -0.539. The van der Waals surface area contributed by atoms with E-state index in [-0.39, 0.29) is 6.10 Å². The summed E-state index contributed by atoms with van der Waals surface area (Å²) >= 11 is 0. The van der Waals surface area contributed by atoms with Gasteiger partial charge in [0.15, 0.2) is 0 Å². The van der Waals surface area contributed by atoms with Crippen molar-refractivity contribution in [2.24, 2.45) is 11.8 Å². The molecule has 5 rings (SSSR count). The van der Waals surface area contributed by atoms with Gasteiger partial charge in [0.2, 0.25) is 0 Å². The topological polar surface area (TPSA) is 77.1 Å². The Bertz CT molecular complexity index is 1370. The Balaban J connectivity index is 1.08. The highest BCUT2D eigenvalue weighted by Gasteiger charge is 2.42. The van der Waals surface area contributed by atoms with E-state index in [1.54, 1.807) is 0 Å². The Labute approximate surface area is 242 Å². The first-order chi connectivity index (χ1) is 19.7. The lowest BCUT2D eigenvalue weighted by molar-refractivity contribution is -0.148. The number of anilines is 1. The van der Waals surface area contributed by atoms with Gasteiger partial charge >= 0.3 is 12.1 Å². The normalized spacial score (nSPS) is 20.5. The molecule has 2 fully saturated rings. The van der Waals surface area contributed by atoms with Crippen molar-refractivity contribution in [3.8, 4) is 16.9 Å². The fourth-order valence-corrected chi connectivity index (χ4v) is 5.80. The Morgan fingerprint density at radius 1 is 0.927 bits per heavy atom. The van der Waals surface area contributed by atoms with Crippen LogP contribution in [0.2, 0.25) is 0 Å². The smallest absolute Gasteiger partial charge is 0.411 e. The molecule has 7 heteroatoms. The van der Waals surface area contributed by atoms with Gasteiger partial charge in [-0.2, -0.15) is 0 Å². The summed E-state index contributed by atoms with van der Waals surface area (Å²) in [5, 5.41) is 2.96. The highest BCUT2D eigenvalue weighted by atomic mass is 16.6. The molecule has 1 amide bonds. The lowest BCUT2D eigenvalue weighted by Gasteiger charge is -2.20. The van der Waals surface area contributed by atoms with E-state index in [0.29, 0.717) is 17.6 Å². The summed E-state index contributed by atoms with van der Waals surface area (Å²) in [6, 6.07) is 25.7. The molecule has 2 aliphatic rings. The lowest BCUT2D eigenvalue weighted by Crippen LogP contribution is -2.25. The molecular formula is C34H38N2O5. The first-order valence-corrected chi connectivity index (χ1v) is 14.2. The minimum absolute atomic E-state index is 0.0653. The number of amides is 1. The largest absolute Gasteiger partial charge is 0.465 e. The molecule has 0 radical (unpaired) electrons. The number of rotatable bonds is 8. The first-order valence-electron chi connectivity index (χ1n) is 14.2. The van der Waals surface area contributed by atoms with Crippen LogP contribution < -0.4 is 10.1 Å². The zero-order chi connectivity index (χ0) is 28.8. The van der Waals surface area contributed by atoms with Crippen LogP contribution in [0.4, 0.5) is 10.5 Å². The van der Waals surface area contributed by atoms with E-state index >= 15 is 0 Å². The van der Waals surface area contributed by atoms with Crippen LogP contribution in [0, 0.1) is 11.8 Å². The van der Waals surface area contributed by atoms with Gasteiger partial charge in [0.25, 0.3) is 0 Å². The fraction of sp³-hybridized carbons (Fsp3) is 0.353. The van der Waals surface area contributed by atoms with Crippen molar-refractivity contribution in [1.82, 2.24) is 4.90 Å². The van der Waals surface area contributed by atoms with Gasteiger partial charge in [0.1, 0.15) is 17.5 Å². The summed E-state index contributed by atoms with van der Waals surface area (Å²) < 4.78 is 16.8. The van der Waals surface area contributed by atoms with Crippen LogP contribution in [0.25, 0.3) is 11.1 Å². The zero-order valence-electron chi connectivity index (χ0n) is 23.9. The molecule has 1 saturated carbocycles. The van der Waals surface area contributed by atoms with Crippen LogP contribution in [0.3, 0.4) is 0 Å². The predicted molar refractivity (Wildman–Crippen MR) is 159 cm³/mol. The zero-order valence-corrected chi connectivity index (χ0v) is 23.9. The third-order valence-corrected chi connectivity index (χ3v) is 7.43. The molecule has 0 spiro atoms. The maximum absolute atomic E-state index is 12.8. The second kappa shape index (κ2) is 12.6. The van der Waals surface area contributed by atoms with Crippen LogP contribution in [0.1, 0.15) is 39.2 Å². The third kappa shape index (κ3) is 7.98. The highest BCUT2D eigenvalue weighted by molar-refractivity contribution is 5.91. The maximum atomic E-state index is 12.8. The van der Waals surface area contributed by atoms with E-state index < -0.39 is 17.7 Å². The number of carbonyl (C=O) groups excluding carboxylic acids is 2. The minimum Gasteiger partial charge on any atom is -0.465 e. The van der Waals surface area contributed by atoms with Crippen molar-refractivity contribution < 1.29 is 23.8 Å². The van der Waals surface area contributed by atoms with Crippen LogP contribution in [-0.2, 0) is 20.8 Å². The molecule has 1 aliphatic carbocycles. The molecule has 0 aromatic heterocycles. The molecule has 0 unspecified atom stereocenters. The monoisotopic (exact) mass is 554 g/mol. The number of likely N-dealkylation sites (tertiary alicyclic amines) is 1. The number of hydrogen-bond acceptors (Lipinski definition) is 6. The number of nitrogens with zero attached hydrogens (tertiary/aromatic N) is 1. The molecule has 1 aliphatic heterocycles. The van der Waals surface area contributed by atoms with Crippen LogP contribution in [-0.4, -0.2) is 41.8 Å². The molecule has 3 aromatic rings. The van der Waals surface area contributed by atoms with Crippen LogP contribution in [0.5, 0.6) is 5.75 Å². The highest BCUT2D eigenvalue weighted by Crippen LogP contribution is 2.40. The van der Waals surface area contributed by atoms with E-state index in [1.807, 2.05) is 93.6 Å². The van der Waals surface area contributed by atoms with Gasteiger partial charge in [-0.3, -0.25) is 10.2 Å². The van der Waals surface area contributed by atoms with E-state index in [9.17, 15) is 9.59 Å². The van der Waals surface area contributed by atoms with Crippen molar-refractivity contribution in [3.05, 3.63) is 96.8 Å². The summed E-state index contributed by atoms with van der Waals surface area (Å²) in [7, 11) is 0. The van der Waals surface area contributed by atoms with Crippen molar-refractivity contribution in [3.63, 3.8) is 0 Å². The molecule has 0 bridgehead atoms. The van der Waals surface area contributed by atoms with Gasteiger partial charge in [-0.05, 0) is 74.8 Å². The number of esters is 1. The lowest BCUT2D eigenvalue weighted by atomic mass is 10.0. The van der Waals surface area contributed by atoms with Gasteiger partial charge in [-0.15, -0.1) is 0 Å². The molecule has 1 heterocycles. The molecule has 214 valence electrons. The van der Waals surface area contributed by atoms with Crippen LogP contribution >= 0.6 is 0 Å². The van der Waals surface area contributed by atoms with E-state index in [0.717, 1.165) is 54.9 Å². The summed E-state index contributed by atoms with van der Waals surface area (Å²) in [5.41, 5.74) is 3.38. The fourth-order valence-electron chi connectivity index (χ4n) is 5.80. The molecule has 41 heavy (non-hydrogen) atoms. The molecule has 7 nitrogen and oxygen atoms in total. The number of fused-ring (bicyclic) bond motifs is 1. The SMILES string of the molecule is CC(C)(C)OC(=O)/C=C/Oc1cccc(CN2C[C@H]3C[C@H](OC(=O)Nc4ccccc4-c4ccccc4)C[C@H]3C2)c1. The second-order valence-corrected chi connectivity index (χ2v) is 11.9. The second-order valence-electron chi connectivity index (χ2n) is 11.9. The Hall–Kier alpha value is -4.10. The van der Waals surface area contributed by atoms with Crippen molar-refractivity contribution in [2.75, 3.05) is 18.4 Å². The number of carbonyl (C=O) groups is 2. The third-order valence-electron chi connectivity index (χ3n) is 7.43. The number of benzene rings is 3. The van der Waals surface area contributed by atoms with Gasteiger partial charge < -0.3 is 14.2 Å². The summed E-state index contributed by atoms with van der Waals surface area (Å²) in [6.07, 6.45) is 3.96. The molecule has 3 atom stereocenters. The standard InChI is InChI=1S/C34H38N2O5/c1-34(2,3)41-32(37)16-17-39-28-13-9-10-24(18-28)21-36-22-26-19-29(20-27(26)23-36)40-33(38)35-31-15-8-7-14-30(31)25-11-5-4-6-12-25/h4-18,26-27,29H,19-23H2,1-3H3,(H,35,38)/b17-16+/t26-,27+,29+. The summed E-state index contributed by atoms with van der Waals surface area (Å²) in [5.74, 6) is 1.27. The Kier molecular flexibility index (Phi) is 8.74. The average Bonchev–Trinajstić information content (AvgIpc) is 3.46. The van der Waals surface area contributed by atoms with Crippen LogP contribution in [0.15, 0.2) is 91.2 Å². The van der Waals surface area contributed by atoms with Gasteiger partial charge in [-0.1, -0.05) is 60.7 Å². The first kappa shape index (κ1) is 28.4. The molecule has 3 aromatic carbocycles. The quantitative estimate of drug-likeness (QED) is 0.183. The van der Waals surface area contributed by atoms with Crippen molar-refractivity contribution >= 4 is 17.7 Å².